The topological polar surface area (TPSA) is 68.0 Å². The minimum Gasteiger partial charge on any atom is -0.397 e. The monoisotopic (exact) mass is 267 g/mol. The Bertz CT molecular complexity index is 568. The van der Waals surface area contributed by atoms with Gasteiger partial charge in [0.1, 0.15) is 10.0 Å². The number of anilines is 2. The average molecular weight is 268 g/mol. The van der Waals surface area contributed by atoms with Gasteiger partial charge in [0.25, 0.3) is 5.91 Å². The van der Waals surface area contributed by atoms with Gasteiger partial charge in [-0.15, -0.1) is 11.3 Å². The maximum Gasteiger partial charge on any atom is 0.267 e. The number of rotatable bonds is 2. The lowest BCUT2D eigenvalue weighted by Gasteiger charge is -2.07. The number of nitrogen functional groups attached to an aromatic ring is 1. The summed E-state index contributed by atoms with van der Waals surface area (Å²) in [5.41, 5.74) is 7.45. The van der Waals surface area contributed by atoms with Gasteiger partial charge >= 0.3 is 0 Å². The second-order valence-electron chi connectivity index (χ2n) is 3.43. The Labute approximate surface area is 107 Å². The van der Waals surface area contributed by atoms with E-state index in [1.54, 1.807) is 30.5 Å². The van der Waals surface area contributed by atoms with Crippen LogP contribution in [0.25, 0.3) is 0 Å². The van der Waals surface area contributed by atoms with E-state index in [2.05, 4.69) is 10.3 Å². The first kappa shape index (κ1) is 11.9. The van der Waals surface area contributed by atoms with Gasteiger partial charge in [0.15, 0.2) is 0 Å². The first-order valence-electron chi connectivity index (χ1n) is 4.85. The Balaban J connectivity index is 2.22. The third-order valence-electron chi connectivity index (χ3n) is 2.20. The Morgan fingerprint density at radius 3 is 2.82 bits per heavy atom. The van der Waals surface area contributed by atoms with E-state index >= 15 is 0 Å². The van der Waals surface area contributed by atoms with Gasteiger partial charge in [-0.1, -0.05) is 11.6 Å². The average Bonchev–Trinajstić information content (AvgIpc) is 2.68. The Hall–Kier alpha value is -1.59. The summed E-state index contributed by atoms with van der Waals surface area (Å²) in [5, 5.41) is 4.93. The van der Waals surface area contributed by atoms with E-state index in [1.807, 2.05) is 0 Å². The highest BCUT2D eigenvalue weighted by Gasteiger charge is 2.12. The number of halogens is 1. The SMILES string of the molecule is Cc1nc(Cl)ccc1NC(=O)c1sccc1N. The molecular formula is C11H10ClN3OS. The lowest BCUT2D eigenvalue weighted by atomic mass is 10.3. The van der Waals surface area contributed by atoms with Crippen LogP contribution in [0.3, 0.4) is 0 Å². The molecule has 4 nitrogen and oxygen atoms in total. The second-order valence-corrected chi connectivity index (χ2v) is 4.73. The van der Waals surface area contributed by atoms with Crippen molar-refractivity contribution < 1.29 is 4.79 Å². The van der Waals surface area contributed by atoms with Crippen molar-refractivity contribution in [2.75, 3.05) is 11.1 Å². The number of pyridine rings is 1. The molecule has 0 aromatic carbocycles. The van der Waals surface area contributed by atoms with Crippen molar-refractivity contribution in [3.63, 3.8) is 0 Å². The number of hydrogen-bond acceptors (Lipinski definition) is 4. The molecule has 2 aromatic heterocycles. The molecule has 0 bridgehead atoms. The number of thiophene rings is 1. The molecule has 17 heavy (non-hydrogen) atoms. The Morgan fingerprint density at radius 1 is 1.47 bits per heavy atom. The van der Waals surface area contributed by atoms with Gasteiger partial charge in [0.2, 0.25) is 0 Å². The second kappa shape index (κ2) is 4.73. The van der Waals surface area contributed by atoms with Crippen LogP contribution in [0.4, 0.5) is 11.4 Å². The number of amides is 1. The molecule has 0 saturated heterocycles. The minimum atomic E-state index is -0.232. The number of carbonyl (C=O) groups excluding carboxylic acids is 1. The molecule has 0 aliphatic heterocycles. The summed E-state index contributed by atoms with van der Waals surface area (Å²) in [6.45, 7) is 1.78. The van der Waals surface area contributed by atoms with Gasteiger partial charge in [-0.25, -0.2) is 4.98 Å². The predicted octanol–water partition coefficient (Wildman–Crippen LogP) is 2.94. The van der Waals surface area contributed by atoms with Crippen molar-refractivity contribution in [3.8, 4) is 0 Å². The van der Waals surface area contributed by atoms with E-state index in [-0.39, 0.29) is 5.91 Å². The summed E-state index contributed by atoms with van der Waals surface area (Å²) >= 11 is 7.04. The normalized spacial score (nSPS) is 10.2. The fourth-order valence-corrected chi connectivity index (χ4v) is 2.25. The van der Waals surface area contributed by atoms with Crippen LogP contribution in [0.1, 0.15) is 15.4 Å². The van der Waals surface area contributed by atoms with Crippen molar-refractivity contribution in [3.05, 3.63) is 39.3 Å². The first-order chi connectivity index (χ1) is 8.08. The number of aryl methyl sites for hydroxylation is 1. The van der Waals surface area contributed by atoms with Crippen LogP contribution in [-0.4, -0.2) is 10.9 Å². The van der Waals surface area contributed by atoms with Crippen LogP contribution in [0.5, 0.6) is 0 Å². The summed E-state index contributed by atoms with van der Waals surface area (Å²) in [7, 11) is 0. The highest BCUT2D eigenvalue weighted by atomic mass is 35.5. The van der Waals surface area contributed by atoms with Crippen molar-refractivity contribution in [2.24, 2.45) is 0 Å². The quantitative estimate of drug-likeness (QED) is 0.822. The highest BCUT2D eigenvalue weighted by molar-refractivity contribution is 7.12. The lowest BCUT2D eigenvalue weighted by Crippen LogP contribution is -2.13. The minimum absolute atomic E-state index is 0.232. The molecule has 0 saturated carbocycles. The number of nitrogens with two attached hydrogens (primary N) is 1. The van der Waals surface area contributed by atoms with Crippen molar-refractivity contribution >= 4 is 40.2 Å². The van der Waals surface area contributed by atoms with E-state index < -0.39 is 0 Å². The van der Waals surface area contributed by atoms with Crippen LogP contribution in [0, 0.1) is 6.92 Å². The van der Waals surface area contributed by atoms with E-state index in [0.717, 1.165) is 0 Å². The fraction of sp³-hybridized carbons (Fsp3) is 0.0909. The molecule has 0 spiro atoms. The van der Waals surface area contributed by atoms with Gasteiger partial charge in [-0.2, -0.15) is 0 Å². The zero-order chi connectivity index (χ0) is 12.4. The zero-order valence-electron chi connectivity index (χ0n) is 9.03. The number of nitrogens with zero attached hydrogens (tertiary/aromatic N) is 1. The molecule has 0 unspecified atom stereocenters. The van der Waals surface area contributed by atoms with Crippen LogP contribution in [0.15, 0.2) is 23.6 Å². The molecule has 2 rings (SSSR count). The summed E-state index contributed by atoms with van der Waals surface area (Å²) in [5.74, 6) is -0.232. The smallest absolute Gasteiger partial charge is 0.267 e. The van der Waals surface area contributed by atoms with Crippen LogP contribution >= 0.6 is 22.9 Å². The summed E-state index contributed by atoms with van der Waals surface area (Å²) in [6.07, 6.45) is 0. The molecule has 0 fully saturated rings. The van der Waals surface area contributed by atoms with E-state index in [9.17, 15) is 4.79 Å². The summed E-state index contributed by atoms with van der Waals surface area (Å²) in [4.78, 5) is 16.4. The van der Waals surface area contributed by atoms with Crippen LogP contribution in [-0.2, 0) is 0 Å². The molecular weight excluding hydrogens is 258 g/mol. The maximum atomic E-state index is 11.9. The molecule has 2 aromatic rings. The van der Waals surface area contributed by atoms with E-state index in [4.69, 9.17) is 17.3 Å². The Morgan fingerprint density at radius 2 is 2.24 bits per heavy atom. The van der Waals surface area contributed by atoms with Crippen molar-refractivity contribution in [2.45, 2.75) is 6.92 Å². The van der Waals surface area contributed by atoms with Crippen molar-refractivity contribution in [1.29, 1.82) is 0 Å². The molecule has 88 valence electrons. The predicted molar refractivity (Wildman–Crippen MR) is 70.7 cm³/mol. The molecule has 0 aliphatic carbocycles. The van der Waals surface area contributed by atoms with E-state index in [0.29, 0.717) is 27.1 Å². The number of carbonyl (C=O) groups is 1. The van der Waals surface area contributed by atoms with Gasteiger partial charge in [0, 0.05) is 0 Å². The summed E-state index contributed by atoms with van der Waals surface area (Å²) < 4.78 is 0. The molecule has 6 heteroatoms. The maximum absolute atomic E-state index is 11.9. The zero-order valence-corrected chi connectivity index (χ0v) is 10.6. The third-order valence-corrected chi connectivity index (χ3v) is 3.34. The largest absolute Gasteiger partial charge is 0.397 e. The lowest BCUT2D eigenvalue weighted by molar-refractivity contribution is 0.103. The first-order valence-corrected chi connectivity index (χ1v) is 6.11. The summed E-state index contributed by atoms with van der Waals surface area (Å²) in [6, 6.07) is 5.04. The van der Waals surface area contributed by atoms with Gasteiger partial charge < -0.3 is 11.1 Å². The van der Waals surface area contributed by atoms with Crippen LogP contribution < -0.4 is 11.1 Å². The standard InChI is InChI=1S/C11H10ClN3OS/c1-6-8(2-3-9(12)14-6)15-11(16)10-7(13)4-5-17-10/h2-5H,13H2,1H3,(H,15,16). The van der Waals surface area contributed by atoms with Gasteiger partial charge in [-0.3, -0.25) is 4.79 Å². The molecule has 1 amide bonds. The number of aromatic nitrogens is 1. The molecule has 0 atom stereocenters. The number of nitrogens with one attached hydrogen (secondary N) is 1. The highest BCUT2D eigenvalue weighted by Crippen LogP contribution is 2.22. The number of hydrogen-bond donors (Lipinski definition) is 2. The molecule has 0 aliphatic rings. The van der Waals surface area contributed by atoms with E-state index in [1.165, 1.54) is 11.3 Å². The van der Waals surface area contributed by atoms with Gasteiger partial charge in [-0.05, 0) is 30.5 Å². The van der Waals surface area contributed by atoms with Crippen molar-refractivity contribution in [1.82, 2.24) is 4.98 Å². The Kier molecular flexibility index (Phi) is 3.31. The fourth-order valence-electron chi connectivity index (χ4n) is 1.35. The molecule has 2 heterocycles. The van der Waals surface area contributed by atoms with Gasteiger partial charge in [0.05, 0.1) is 17.1 Å². The third kappa shape index (κ3) is 2.57. The molecule has 0 radical (unpaired) electrons. The molecule has 3 N–H and O–H groups in total. The van der Waals surface area contributed by atoms with Crippen LogP contribution in [0.2, 0.25) is 5.15 Å².